The number of nitrogens with one attached hydrogen (secondary N) is 1. The van der Waals surface area contributed by atoms with E-state index in [9.17, 15) is 10.1 Å². The van der Waals surface area contributed by atoms with Crippen LogP contribution in [0.3, 0.4) is 0 Å². The van der Waals surface area contributed by atoms with Crippen LogP contribution in [-0.2, 0) is 5.75 Å². The van der Waals surface area contributed by atoms with Crippen LogP contribution >= 0.6 is 11.8 Å². The molecule has 0 unspecified atom stereocenters. The Morgan fingerprint density at radius 1 is 1.25 bits per heavy atom. The smallest absolute Gasteiger partial charge is 0.269 e. The maximum atomic E-state index is 10.6. The standard InChI is InChI=1S/C17H17N7O3S/c1-27-15-8-4-13(5-9-15)11-28-17-22-21-16(23(17)18)20-19-10-12-2-6-14(7-3-12)24(25)26/h2-10H,11,18H2,1H3,(H,20,21)/b19-10+. The van der Waals surface area contributed by atoms with Crippen molar-refractivity contribution in [1.82, 2.24) is 14.9 Å². The SMILES string of the molecule is COc1ccc(CSc2nnc(N/N=C/c3ccc([N+](=O)[O-])cc3)n2N)cc1. The number of anilines is 1. The van der Waals surface area contributed by atoms with Crippen LogP contribution < -0.4 is 16.0 Å². The zero-order valence-corrected chi connectivity index (χ0v) is 15.7. The van der Waals surface area contributed by atoms with Crippen molar-refractivity contribution < 1.29 is 9.66 Å². The Bertz CT molecular complexity index is 971. The molecule has 2 aromatic carbocycles. The minimum Gasteiger partial charge on any atom is -0.497 e. The van der Waals surface area contributed by atoms with E-state index >= 15 is 0 Å². The van der Waals surface area contributed by atoms with E-state index in [1.54, 1.807) is 19.2 Å². The number of non-ortho nitro benzene ring substituents is 1. The summed E-state index contributed by atoms with van der Waals surface area (Å²) in [6.07, 6.45) is 1.50. The Labute approximate surface area is 164 Å². The number of nitrogens with zero attached hydrogens (tertiary/aromatic N) is 5. The van der Waals surface area contributed by atoms with Gasteiger partial charge < -0.3 is 10.6 Å². The summed E-state index contributed by atoms with van der Waals surface area (Å²) in [6, 6.07) is 13.7. The maximum Gasteiger partial charge on any atom is 0.269 e. The molecule has 0 spiro atoms. The van der Waals surface area contributed by atoms with Crippen LogP contribution in [0.1, 0.15) is 11.1 Å². The quantitative estimate of drug-likeness (QED) is 0.194. The van der Waals surface area contributed by atoms with Gasteiger partial charge in [0.2, 0.25) is 5.16 Å². The molecule has 1 heterocycles. The van der Waals surface area contributed by atoms with Crippen LogP contribution in [0.2, 0.25) is 0 Å². The molecule has 0 amide bonds. The Morgan fingerprint density at radius 3 is 2.61 bits per heavy atom. The molecule has 0 bridgehead atoms. The van der Waals surface area contributed by atoms with Gasteiger partial charge in [0.05, 0.1) is 18.2 Å². The zero-order valence-electron chi connectivity index (χ0n) is 14.8. The molecule has 3 aromatic rings. The van der Waals surface area contributed by atoms with Crippen LogP contribution in [0, 0.1) is 10.1 Å². The predicted octanol–water partition coefficient (Wildman–Crippen LogP) is 2.65. The number of nitro groups is 1. The van der Waals surface area contributed by atoms with E-state index < -0.39 is 4.92 Å². The highest BCUT2D eigenvalue weighted by Crippen LogP contribution is 2.23. The van der Waals surface area contributed by atoms with Crippen LogP contribution in [-0.4, -0.2) is 33.1 Å². The van der Waals surface area contributed by atoms with Gasteiger partial charge in [-0.1, -0.05) is 23.9 Å². The number of nitro benzene ring substituents is 1. The van der Waals surface area contributed by atoms with Crippen molar-refractivity contribution in [2.75, 3.05) is 18.4 Å². The number of ether oxygens (including phenoxy) is 1. The summed E-state index contributed by atoms with van der Waals surface area (Å²) in [7, 11) is 1.62. The number of methoxy groups -OCH3 is 1. The number of nitrogen functional groups attached to an aromatic ring is 1. The van der Waals surface area contributed by atoms with Gasteiger partial charge in [-0.05, 0) is 35.4 Å². The summed E-state index contributed by atoms with van der Waals surface area (Å²) < 4.78 is 6.44. The van der Waals surface area contributed by atoms with Crippen LogP contribution in [0.4, 0.5) is 11.6 Å². The molecule has 1 aromatic heterocycles. The van der Waals surface area contributed by atoms with Crippen molar-refractivity contribution in [3.8, 4) is 5.75 Å². The third kappa shape index (κ3) is 4.76. The normalized spacial score (nSPS) is 10.9. The van der Waals surface area contributed by atoms with Gasteiger partial charge >= 0.3 is 0 Å². The van der Waals surface area contributed by atoms with Gasteiger partial charge in [0.25, 0.3) is 11.6 Å². The second kappa shape index (κ2) is 8.86. The third-order valence-corrected chi connectivity index (χ3v) is 4.69. The Kier molecular flexibility index (Phi) is 6.07. The molecular formula is C17H17N7O3S. The molecule has 0 aliphatic rings. The number of benzene rings is 2. The van der Waals surface area contributed by atoms with Crippen molar-refractivity contribution in [1.29, 1.82) is 0 Å². The van der Waals surface area contributed by atoms with Gasteiger partial charge in [0.1, 0.15) is 5.75 Å². The fourth-order valence-corrected chi connectivity index (χ4v) is 2.98. The average Bonchev–Trinajstić information content (AvgIpc) is 3.07. The summed E-state index contributed by atoms with van der Waals surface area (Å²) in [5.41, 5.74) is 4.51. The van der Waals surface area contributed by atoms with Crippen LogP contribution in [0.25, 0.3) is 0 Å². The van der Waals surface area contributed by atoms with E-state index in [2.05, 4.69) is 20.7 Å². The molecule has 144 valence electrons. The largest absolute Gasteiger partial charge is 0.497 e. The van der Waals surface area contributed by atoms with Crippen LogP contribution in [0.5, 0.6) is 5.75 Å². The molecule has 0 aliphatic heterocycles. The fraction of sp³-hybridized carbons (Fsp3) is 0.118. The molecule has 0 atom stereocenters. The lowest BCUT2D eigenvalue weighted by Crippen LogP contribution is -2.13. The van der Waals surface area contributed by atoms with Gasteiger partial charge in [-0.3, -0.25) is 10.1 Å². The zero-order chi connectivity index (χ0) is 19.9. The molecular weight excluding hydrogens is 382 g/mol. The van der Waals surface area contributed by atoms with E-state index in [1.165, 1.54) is 34.8 Å². The summed E-state index contributed by atoms with van der Waals surface area (Å²) in [5, 5.41) is 23.2. The molecule has 3 rings (SSSR count). The van der Waals surface area contributed by atoms with Gasteiger partial charge in [-0.2, -0.15) is 5.10 Å². The molecule has 0 aliphatic carbocycles. The second-order valence-corrected chi connectivity index (χ2v) is 6.47. The fourth-order valence-electron chi connectivity index (χ4n) is 2.17. The van der Waals surface area contributed by atoms with Crippen molar-refractivity contribution in [2.24, 2.45) is 5.10 Å². The number of rotatable bonds is 8. The molecule has 0 saturated heterocycles. The second-order valence-electron chi connectivity index (χ2n) is 5.53. The van der Waals surface area contributed by atoms with E-state index in [0.717, 1.165) is 11.3 Å². The number of hydrogen-bond donors (Lipinski definition) is 2. The predicted molar refractivity (Wildman–Crippen MR) is 107 cm³/mol. The summed E-state index contributed by atoms with van der Waals surface area (Å²) >= 11 is 1.44. The first kappa shape index (κ1) is 19.2. The third-order valence-electron chi connectivity index (χ3n) is 3.67. The number of nitrogens with two attached hydrogens (primary N) is 1. The van der Waals surface area contributed by atoms with Crippen LogP contribution in [0.15, 0.2) is 58.8 Å². The molecule has 3 N–H and O–H groups in total. The number of thioether (sulfide) groups is 1. The maximum absolute atomic E-state index is 10.6. The van der Waals surface area contributed by atoms with E-state index in [0.29, 0.717) is 16.5 Å². The lowest BCUT2D eigenvalue weighted by atomic mass is 10.2. The van der Waals surface area contributed by atoms with Gasteiger partial charge in [-0.15, -0.1) is 10.2 Å². The van der Waals surface area contributed by atoms with Crippen molar-refractivity contribution >= 4 is 29.6 Å². The lowest BCUT2D eigenvalue weighted by molar-refractivity contribution is -0.384. The monoisotopic (exact) mass is 399 g/mol. The van der Waals surface area contributed by atoms with Gasteiger partial charge in [0, 0.05) is 17.9 Å². The molecule has 0 fully saturated rings. The summed E-state index contributed by atoms with van der Waals surface area (Å²) in [6.45, 7) is 0. The molecule has 0 saturated carbocycles. The first-order valence-electron chi connectivity index (χ1n) is 8.06. The minimum atomic E-state index is -0.457. The Balaban J connectivity index is 1.57. The highest BCUT2D eigenvalue weighted by atomic mass is 32.2. The first-order valence-corrected chi connectivity index (χ1v) is 9.05. The highest BCUT2D eigenvalue weighted by Gasteiger charge is 2.10. The van der Waals surface area contributed by atoms with Gasteiger partial charge in [0.15, 0.2) is 0 Å². The minimum absolute atomic E-state index is 0.0188. The Morgan fingerprint density at radius 2 is 1.96 bits per heavy atom. The van der Waals surface area contributed by atoms with Crippen molar-refractivity contribution in [2.45, 2.75) is 10.9 Å². The van der Waals surface area contributed by atoms with Gasteiger partial charge in [-0.25, -0.2) is 10.1 Å². The number of aromatic nitrogens is 3. The summed E-state index contributed by atoms with van der Waals surface area (Å²) in [4.78, 5) is 10.2. The molecule has 11 heteroatoms. The van der Waals surface area contributed by atoms with E-state index in [4.69, 9.17) is 10.6 Å². The average molecular weight is 399 g/mol. The molecule has 0 radical (unpaired) electrons. The first-order chi connectivity index (χ1) is 13.6. The van der Waals surface area contributed by atoms with Crippen molar-refractivity contribution in [3.63, 3.8) is 0 Å². The number of hydrazone groups is 1. The highest BCUT2D eigenvalue weighted by molar-refractivity contribution is 7.98. The van der Waals surface area contributed by atoms with E-state index in [1.807, 2.05) is 24.3 Å². The molecule has 28 heavy (non-hydrogen) atoms. The Hall–Kier alpha value is -3.60. The molecule has 10 nitrogen and oxygen atoms in total. The number of hydrogen-bond acceptors (Lipinski definition) is 9. The lowest BCUT2D eigenvalue weighted by Gasteiger charge is -2.04. The van der Waals surface area contributed by atoms with Crippen molar-refractivity contribution in [3.05, 3.63) is 69.8 Å². The topological polar surface area (TPSA) is 133 Å². The van der Waals surface area contributed by atoms with E-state index in [-0.39, 0.29) is 11.6 Å². The summed E-state index contributed by atoms with van der Waals surface area (Å²) in [5.74, 6) is 7.73.